The van der Waals surface area contributed by atoms with E-state index in [2.05, 4.69) is 15.3 Å². The van der Waals surface area contributed by atoms with E-state index in [1.807, 2.05) is 24.3 Å². The van der Waals surface area contributed by atoms with E-state index in [1.165, 1.54) is 30.0 Å². The lowest BCUT2D eigenvalue weighted by atomic mass is 10.1. The number of imidazole rings is 1. The van der Waals surface area contributed by atoms with Gasteiger partial charge in [0.25, 0.3) is 5.69 Å². The lowest BCUT2D eigenvalue weighted by Crippen LogP contribution is -2.14. The molecule has 1 amide bonds. The van der Waals surface area contributed by atoms with E-state index in [1.54, 1.807) is 42.5 Å². The Hall–Kier alpha value is -4.24. The highest BCUT2D eigenvalue weighted by atomic mass is 32.2. The van der Waals surface area contributed by atoms with Crippen molar-refractivity contribution in [2.24, 2.45) is 0 Å². The van der Waals surface area contributed by atoms with Crippen LogP contribution in [0.3, 0.4) is 0 Å². The summed E-state index contributed by atoms with van der Waals surface area (Å²) < 4.78 is 0. The second kappa shape index (κ2) is 9.92. The predicted molar refractivity (Wildman–Crippen MR) is 128 cm³/mol. The SMILES string of the molecule is O=C(CSc1nc2ccccc2[nH]1)Nc1ccc(C(=O)/C=C/c2ccc([N+](=O)[O-])cc2)cc1. The van der Waals surface area contributed by atoms with Crippen molar-refractivity contribution in [1.29, 1.82) is 0 Å². The number of hydrogen-bond donors (Lipinski definition) is 2. The number of non-ortho nitro benzene ring substituents is 1. The van der Waals surface area contributed by atoms with Crippen LogP contribution in [0.5, 0.6) is 0 Å². The van der Waals surface area contributed by atoms with Crippen molar-refractivity contribution in [3.63, 3.8) is 0 Å². The number of thioether (sulfide) groups is 1. The molecule has 164 valence electrons. The highest BCUT2D eigenvalue weighted by Crippen LogP contribution is 2.20. The molecule has 0 radical (unpaired) electrons. The summed E-state index contributed by atoms with van der Waals surface area (Å²) in [5.41, 5.74) is 3.49. The average molecular weight is 458 g/mol. The van der Waals surface area contributed by atoms with E-state index in [0.29, 0.717) is 22.0 Å². The average Bonchev–Trinajstić information content (AvgIpc) is 3.25. The van der Waals surface area contributed by atoms with Crippen molar-refractivity contribution in [3.05, 3.63) is 100 Å². The Balaban J connectivity index is 1.30. The number of nitro benzene ring substituents is 1. The molecule has 0 spiro atoms. The summed E-state index contributed by atoms with van der Waals surface area (Å²) in [5.74, 6) is -0.206. The molecule has 4 aromatic rings. The van der Waals surface area contributed by atoms with Gasteiger partial charge in [-0.2, -0.15) is 0 Å². The summed E-state index contributed by atoms with van der Waals surface area (Å²) >= 11 is 1.31. The number of aromatic amines is 1. The van der Waals surface area contributed by atoms with Crippen LogP contribution in [0.15, 0.2) is 84.0 Å². The molecular weight excluding hydrogens is 440 g/mol. The number of rotatable bonds is 8. The minimum atomic E-state index is -0.476. The van der Waals surface area contributed by atoms with E-state index in [4.69, 9.17) is 0 Å². The Kier molecular flexibility index (Phi) is 6.61. The summed E-state index contributed by atoms with van der Waals surface area (Å²) in [6.45, 7) is 0. The Labute approximate surface area is 192 Å². The largest absolute Gasteiger partial charge is 0.333 e. The molecule has 0 fully saturated rings. The number of H-pyrrole nitrogens is 1. The fraction of sp³-hybridized carbons (Fsp3) is 0.0417. The highest BCUT2D eigenvalue weighted by Gasteiger charge is 2.09. The minimum absolute atomic E-state index is 0.00731. The van der Waals surface area contributed by atoms with E-state index < -0.39 is 4.92 Å². The number of fused-ring (bicyclic) bond motifs is 1. The zero-order valence-electron chi connectivity index (χ0n) is 17.2. The Morgan fingerprint density at radius 3 is 2.45 bits per heavy atom. The molecular formula is C24H18N4O4S. The van der Waals surface area contributed by atoms with E-state index >= 15 is 0 Å². The number of nitro groups is 1. The quantitative estimate of drug-likeness (QED) is 0.125. The first-order valence-corrected chi connectivity index (χ1v) is 10.9. The van der Waals surface area contributed by atoms with Gasteiger partial charge in [0.1, 0.15) is 0 Å². The second-order valence-electron chi connectivity index (χ2n) is 7.02. The molecule has 4 rings (SSSR count). The van der Waals surface area contributed by atoms with Crippen LogP contribution in [0.4, 0.5) is 11.4 Å². The molecule has 0 aliphatic heterocycles. The third-order valence-corrected chi connectivity index (χ3v) is 5.57. The second-order valence-corrected chi connectivity index (χ2v) is 7.98. The highest BCUT2D eigenvalue weighted by molar-refractivity contribution is 7.99. The molecule has 0 saturated heterocycles. The van der Waals surface area contributed by atoms with Crippen LogP contribution >= 0.6 is 11.8 Å². The number of amides is 1. The van der Waals surface area contributed by atoms with Crippen LogP contribution < -0.4 is 5.32 Å². The minimum Gasteiger partial charge on any atom is -0.333 e. The summed E-state index contributed by atoms with van der Waals surface area (Å²) in [6, 6.07) is 20.2. The van der Waals surface area contributed by atoms with Gasteiger partial charge in [0, 0.05) is 23.4 Å². The number of ketones is 1. The molecule has 1 heterocycles. The number of benzene rings is 3. The standard InChI is InChI=1S/C24H18N4O4S/c29-22(14-7-16-5-12-19(13-6-16)28(31)32)17-8-10-18(11-9-17)25-23(30)15-33-24-26-20-3-1-2-4-21(20)27-24/h1-14H,15H2,(H,25,30)(H,26,27)/b14-7+. The number of carbonyl (C=O) groups is 2. The van der Waals surface area contributed by atoms with E-state index in [-0.39, 0.29) is 23.1 Å². The van der Waals surface area contributed by atoms with Crippen molar-refractivity contribution < 1.29 is 14.5 Å². The van der Waals surface area contributed by atoms with Crippen molar-refractivity contribution in [1.82, 2.24) is 9.97 Å². The molecule has 2 N–H and O–H groups in total. The van der Waals surface area contributed by atoms with Crippen LogP contribution in [0.1, 0.15) is 15.9 Å². The zero-order chi connectivity index (χ0) is 23.2. The summed E-state index contributed by atoms with van der Waals surface area (Å²) in [7, 11) is 0. The van der Waals surface area contributed by atoms with Crippen molar-refractivity contribution in [2.45, 2.75) is 5.16 Å². The first kappa shape index (κ1) is 22.0. The number of hydrogen-bond acceptors (Lipinski definition) is 6. The molecule has 0 unspecified atom stereocenters. The number of allylic oxidation sites excluding steroid dienone is 1. The maximum Gasteiger partial charge on any atom is 0.269 e. The van der Waals surface area contributed by atoms with Gasteiger partial charge < -0.3 is 10.3 Å². The predicted octanol–water partition coefficient (Wildman–Crippen LogP) is 5.10. The van der Waals surface area contributed by atoms with Crippen LogP contribution in [-0.2, 0) is 4.79 Å². The van der Waals surface area contributed by atoms with Gasteiger partial charge in [-0.3, -0.25) is 19.7 Å². The molecule has 0 aliphatic rings. The van der Waals surface area contributed by atoms with Crippen molar-refractivity contribution in [2.75, 3.05) is 11.1 Å². The number of aromatic nitrogens is 2. The summed E-state index contributed by atoms with van der Waals surface area (Å²) in [6.07, 6.45) is 3.00. The third kappa shape index (κ3) is 5.72. The monoisotopic (exact) mass is 458 g/mol. The van der Waals surface area contributed by atoms with Gasteiger partial charge in [0.2, 0.25) is 5.91 Å². The smallest absolute Gasteiger partial charge is 0.269 e. The molecule has 3 aromatic carbocycles. The maximum absolute atomic E-state index is 12.4. The van der Waals surface area contributed by atoms with Gasteiger partial charge in [-0.25, -0.2) is 4.98 Å². The molecule has 9 heteroatoms. The van der Waals surface area contributed by atoms with Crippen LogP contribution in [0, 0.1) is 10.1 Å². The van der Waals surface area contributed by atoms with Crippen molar-refractivity contribution >= 4 is 51.9 Å². The first-order valence-electron chi connectivity index (χ1n) is 9.92. The van der Waals surface area contributed by atoms with Gasteiger partial charge in [-0.15, -0.1) is 0 Å². The Morgan fingerprint density at radius 2 is 1.76 bits per heavy atom. The van der Waals surface area contributed by atoms with E-state index in [0.717, 1.165) is 11.0 Å². The molecule has 0 atom stereocenters. The molecule has 0 bridgehead atoms. The Bertz CT molecular complexity index is 1310. The van der Waals surface area contributed by atoms with Crippen LogP contribution in [-0.4, -0.2) is 32.3 Å². The number of anilines is 1. The first-order chi connectivity index (χ1) is 16.0. The third-order valence-electron chi connectivity index (χ3n) is 4.69. The number of para-hydroxylation sites is 2. The number of carbonyl (C=O) groups excluding carboxylic acids is 2. The van der Waals surface area contributed by atoms with Gasteiger partial charge in [0.15, 0.2) is 10.9 Å². The Morgan fingerprint density at radius 1 is 1.03 bits per heavy atom. The lowest BCUT2D eigenvalue weighted by Gasteiger charge is -2.05. The number of nitrogens with one attached hydrogen (secondary N) is 2. The van der Waals surface area contributed by atoms with Gasteiger partial charge in [0.05, 0.1) is 21.7 Å². The zero-order valence-corrected chi connectivity index (χ0v) is 18.0. The van der Waals surface area contributed by atoms with Crippen LogP contribution in [0.25, 0.3) is 17.1 Å². The lowest BCUT2D eigenvalue weighted by molar-refractivity contribution is -0.384. The van der Waals surface area contributed by atoms with Crippen LogP contribution in [0.2, 0.25) is 0 Å². The molecule has 8 nitrogen and oxygen atoms in total. The summed E-state index contributed by atoms with van der Waals surface area (Å²) in [4.78, 5) is 42.4. The molecule has 1 aromatic heterocycles. The fourth-order valence-electron chi connectivity index (χ4n) is 3.02. The fourth-order valence-corrected chi connectivity index (χ4v) is 3.71. The van der Waals surface area contributed by atoms with Gasteiger partial charge in [-0.1, -0.05) is 30.0 Å². The number of nitrogens with zero attached hydrogens (tertiary/aromatic N) is 2. The molecule has 33 heavy (non-hydrogen) atoms. The van der Waals surface area contributed by atoms with Gasteiger partial charge >= 0.3 is 0 Å². The molecule has 0 aliphatic carbocycles. The normalized spacial score (nSPS) is 11.0. The topological polar surface area (TPSA) is 118 Å². The summed E-state index contributed by atoms with van der Waals surface area (Å²) in [5, 5.41) is 14.2. The van der Waals surface area contributed by atoms with E-state index in [9.17, 15) is 19.7 Å². The molecule has 0 saturated carbocycles. The van der Waals surface area contributed by atoms with Crippen molar-refractivity contribution in [3.8, 4) is 0 Å². The van der Waals surface area contributed by atoms with Gasteiger partial charge in [-0.05, 0) is 60.2 Å². The maximum atomic E-state index is 12.4.